The molecule has 0 saturated heterocycles. The fourth-order valence-corrected chi connectivity index (χ4v) is 1.80. The van der Waals surface area contributed by atoms with Gasteiger partial charge in [-0.1, -0.05) is 39.7 Å². The number of halogens is 2. The van der Waals surface area contributed by atoms with Gasteiger partial charge in [0.25, 0.3) is 0 Å². The average Bonchev–Trinajstić information content (AvgIpc) is 2.49. The van der Waals surface area contributed by atoms with Gasteiger partial charge in [-0.3, -0.25) is 5.10 Å². The molecule has 0 bridgehead atoms. The highest BCUT2D eigenvalue weighted by Crippen LogP contribution is 2.24. The van der Waals surface area contributed by atoms with Crippen molar-refractivity contribution in [2.45, 2.75) is 5.33 Å². The van der Waals surface area contributed by atoms with Crippen molar-refractivity contribution < 1.29 is 0 Å². The van der Waals surface area contributed by atoms with Gasteiger partial charge < -0.3 is 0 Å². The van der Waals surface area contributed by atoms with Crippen molar-refractivity contribution in [3.05, 3.63) is 28.9 Å². The lowest BCUT2D eigenvalue weighted by atomic mass is 10.2. The van der Waals surface area contributed by atoms with Crippen molar-refractivity contribution in [1.82, 2.24) is 10.2 Å². The van der Waals surface area contributed by atoms with Gasteiger partial charge in [-0.25, -0.2) is 0 Å². The largest absolute Gasteiger partial charge is 0.280 e. The van der Waals surface area contributed by atoms with E-state index in [9.17, 15) is 0 Å². The number of hydrogen-bond donors (Lipinski definition) is 1. The standard InChI is InChI=1S/C8H6BrClN2/c9-4-7-5-2-1-3-6(10)8(5)12-11-7/h1-3H,4H2,(H,11,12). The highest BCUT2D eigenvalue weighted by molar-refractivity contribution is 9.08. The summed E-state index contributed by atoms with van der Waals surface area (Å²) in [6, 6.07) is 5.76. The second kappa shape index (κ2) is 3.07. The van der Waals surface area contributed by atoms with Crippen LogP contribution in [-0.2, 0) is 5.33 Å². The van der Waals surface area contributed by atoms with Gasteiger partial charge >= 0.3 is 0 Å². The predicted octanol–water partition coefficient (Wildman–Crippen LogP) is 3.11. The van der Waals surface area contributed by atoms with Crippen LogP contribution in [0.2, 0.25) is 5.02 Å². The lowest BCUT2D eigenvalue weighted by Crippen LogP contribution is -1.75. The molecule has 2 aromatic rings. The van der Waals surface area contributed by atoms with E-state index in [0.29, 0.717) is 5.02 Å². The average molecular weight is 246 g/mol. The quantitative estimate of drug-likeness (QED) is 0.769. The Bertz CT molecular complexity index is 410. The fourth-order valence-electron chi connectivity index (χ4n) is 1.16. The fraction of sp³-hybridized carbons (Fsp3) is 0.125. The summed E-state index contributed by atoms with van der Waals surface area (Å²) in [5, 5.41) is 9.57. The first kappa shape index (κ1) is 8.08. The Morgan fingerprint density at radius 1 is 1.50 bits per heavy atom. The van der Waals surface area contributed by atoms with Gasteiger partial charge in [-0.15, -0.1) is 0 Å². The molecule has 2 nitrogen and oxygen atoms in total. The Morgan fingerprint density at radius 3 is 3.08 bits per heavy atom. The van der Waals surface area contributed by atoms with Crippen molar-refractivity contribution in [2.24, 2.45) is 0 Å². The van der Waals surface area contributed by atoms with Crippen LogP contribution >= 0.6 is 27.5 Å². The van der Waals surface area contributed by atoms with Gasteiger partial charge in [0.05, 0.1) is 10.7 Å². The summed E-state index contributed by atoms with van der Waals surface area (Å²) in [5.41, 5.74) is 1.90. The Kier molecular flexibility index (Phi) is 2.07. The maximum absolute atomic E-state index is 5.93. The number of fused-ring (bicyclic) bond motifs is 1. The van der Waals surface area contributed by atoms with E-state index in [0.717, 1.165) is 21.9 Å². The molecule has 0 atom stereocenters. The summed E-state index contributed by atoms with van der Waals surface area (Å²) >= 11 is 9.30. The van der Waals surface area contributed by atoms with E-state index in [-0.39, 0.29) is 0 Å². The molecular weight excluding hydrogens is 239 g/mol. The van der Waals surface area contributed by atoms with Crippen molar-refractivity contribution >= 4 is 38.4 Å². The van der Waals surface area contributed by atoms with Crippen molar-refractivity contribution in [2.75, 3.05) is 0 Å². The van der Waals surface area contributed by atoms with Gasteiger partial charge in [-0.05, 0) is 6.07 Å². The molecule has 0 aliphatic carbocycles. The zero-order valence-corrected chi connectivity index (χ0v) is 8.48. The molecule has 0 aliphatic heterocycles. The van der Waals surface area contributed by atoms with Gasteiger partial charge in [0.15, 0.2) is 0 Å². The van der Waals surface area contributed by atoms with E-state index in [1.165, 1.54) is 0 Å². The highest BCUT2D eigenvalue weighted by Gasteiger charge is 2.05. The Labute approximate surface area is 83.0 Å². The number of alkyl halides is 1. The summed E-state index contributed by atoms with van der Waals surface area (Å²) in [5.74, 6) is 0. The molecular formula is C8H6BrClN2. The Morgan fingerprint density at radius 2 is 2.33 bits per heavy atom. The van der Waals surface area contributed by atoms with Gasteiger partial charge in [-0.2, -0.15) is 5.10 Å². The van der Waals surface area contributed by atoms with Gasteiger partial charge in [0.1, 0.15) is 5.52 Å². The zero-order chi connectivity index (χ0) is 8.55. The first-order valence-electron chi connectivity index (χ1n) is 3.50. The minimum absolute atomic E-state index is 0.691. The van der Waals surface area contributed by atoms with Crippen LogP contribution in [0.4, 0.5) is 0 Å². The van der Waals surface area contributed by atoms with Crippen LogP contribution in [0.1, 0.15) is 5.69 Å². The molecule has 1 N–H and O–H groups in total. The summed E-state index contributed by atoms with van der Waals surface area (Å²) in [6.45, 7) is 0. The Hall–Kier alpha value is -0.540. The van der Waals surface area contributed by atoms with E-state index in [2.05, 4.69) is 26.1 Å². The van der Waals surface area contributed by atoms with Crippen LogP contribution in [0.15, 0.2) is 18.2 Å². The van der Waals surface area contributed by atoms with E-state index in [1.807, 2.05) is 18.2 Å². The third-order valence-electron chi connectivity index (χ3n) is 1.75. The lowest BCUT2D eigenvalue weighted by Gasteiger charge is -1.91. The van der Waals surface area contributed by atoms with Crippen molar-refractivity contribution in [1.29, 1.82) is 0 Å². The molecule has 0 spiro atoms. The highest BCUT2D eigenvalue weighted by atomic mass is 79.9. The minimum Gasteiger partial charge on any atom is -0.280 e. The van der Waals surface area contributed by atoms with Gasteiger partial charge in [0.2, 0.25) is 0 Å². The first-order chi connectivity index (χ1) is 5.83. The van der Waals surface area contributed by atoms with Crippen LogP contribution in [0.3, 0.4) is 0 Å². The first-order valence-corrected chi connectivity index (χ1v) is 5.00. The number of benzene rings is 1. The van der Waals surface area contributed by atoms with E-state index in [1.54, 1.807) is 0 Å². The summed E-state index contributed by atoms with van der Waals surface area (Å²) in [7, 11) is 0. The SMILES string of the molecule is Clc1cccc2c(CBr)[nH]nc12. The number of rotatable bonds is 1. The van der Waals surface area contributed by atoms with E-state index in [4.69, 9.17) is 11.6 Å². The predicted molar refractivity (Wildman–Crippen MR) is 53.7 cm³/mol. The minimum atomic E-state index is 0.691. The number of hydrogen-bond acceptors (Lipinski definition) is 1. The summed E-state index contributed by atoms with van der Waals surface area (Å²) in [4.78, 5) is 0. The number of nitrogens with one attached hydrogen (secondary N) is 1. The summed E-state index contributed by atoms with van der Waals surface area (Å²) < 4.78 is 0. The molecule has 0 aliphatic rings. The second-order valence-electron chi connectivity index (χ2n) is 2.47. The molecule has 0 fully saturated rings. The van der Waals surface area contributed by atoms with Crippen LogP contribution in [-0.4, -0.2) is 10.2 Å². The number of H-pyrrole nitrogens is 1. The molecule has 2 rings (SSSR count). The van der Waals surface area contributed by atoms with Crippen LogP contribution in [0.5, 0.6) is 0 Å². The van der Waals surface area contributed by atoms with Crippen LogP contribution in [0, 0.1) is 0 Å². The smallest absolute Gasteiger partial charge is 0.111 e. The normalized spacial score (nSPS) is 10.8. The molecule has 0 amide bonds. The maximum atomic E-state index is 5.93. The number of aromatic amines is 1. The molecule has 12 heavy (non-hydrogen) atoms. The zero-order valence-electron chi connectivity index (χ0n) is 6.14. The maximum Gasteiger partial charge on any atom is 0.111 e. The second-order valence-corrected chi connectivity index (χ2v) is 3.44. The van der Waals surface area contributed by atoms with E-state index >= 15 is 0 Å². The molecule has 0 unspecified atom stereocenters. The molecule has 1 heterocycles. The number of para-hydroxylation sites is 1. The number of aromatic nitrogens is 2. The molecule has 1 aromatic carbocycles. The van der Waals surface area contributed by atoms with Gasteiger partial charge in [0, 0.05) is 10.7 Å². The van der Waals surface area contributed by atoms with Crippen LogP contribution in [0.25, 0.3) is 10.9 Å². The summed E-state index contributed by atoms with van der Waals surface area (Å²) in [6.07, 6.45) is 0. The molecule has 1 aromatic heterocycles. The monoisotopic (exact) mass is 244 g/mol. The molecule has 0 radical (unpaired) electrons. The Balaban J connectivity index is 2.80. The third-order valence-corrected chi connectivity index (χ3v) is 2.61. The molecule has 0 saturated carbocycles. The topological polar surface area (TPSA) is 28.7 Å². The number of nitrogens with zero attached hydrogens (tertiary/aromatic N) is 1. The van der Waals surface area contributed by atoms with Crippen molar-refractivity contribution in [3.8, 4) is 0 Å². The molecule has 4 heteroatoms. The van der Waals surface area contributed by atoms with Crippen molar-refractivity contribution in [3.63, 3.8) is 0 Å². The third kappa shape index (κ3) is 1.13. The van der Waals surface area contributed by atoms with E-state index < -0.39 is 0 Å². The lowest BCUT2D eigenvalue weighted by molar-refractivity contribution is 1.06. The molecule has 62 valence electrons. The van der Waals surface area contributed by atoms with Crippen LogP contribution < -0.4 is 0 Å².